The van der Waals surface area contributed by atoms with Crippen LogP contribution < -0.4 is 15.4 Å². The highest BCUT2D eigenvalue weighted by Gasteiger charge is 2.32. The molecule has 33 heavy (non-hydrogen) atoms. The first kappa shape index (κ1) is 21.1. The van der Waals surface area contributed by atoms with Crippen LogP contribution in [0.4, 0.5) is 30.4 Å². The fraction of sp³-hybridized carbons (Fsp3) is 0.250. The number of hydrogen-bond donors (Lipinski definition) is 2. The average molecular weight is 454 g/mol. The fourth-order valence-corrected chi connectivity index (χ4v) is 4.18. The zero-order chi connectivity index (χ0) is 23.0. The summed E-state index contributed by atoms with van der Waals surface area (Å²) in [6.45, 7) is 0.290. The lowest BCUT2D eigenvalue weighted by Gasteiger charge is -2.23. The van der Waals surface area contributed by atoms with E-state index in [4.69, 9.17) is 9.47 Å². The second-order valence-corrected chi connectivity index (χ2v) is 7.85. The Morgan fingerprint density at radius 3 is 2.73 bits per heavy atom. The zero-order valence-corrected chi connectivity index (χ0v) is 17.7. The van der Waals surface area contributed by atoms with E-state index < -0.39 is 11.9 Å². The summed E-state index contributed by atoms with van der Waals surface area (Å²) in [7, 11) is 1.66. The van der Waals surface area contributed by atoms with Gasteiger partial charge in [-0.25, -0.2) is 4.98 Å². The Kier molecular flexibility index (Phi) is 5.32. The molecule has 9 heteroatoms. The van der Waals surface area contributed by atoms with E-state index in [1.807, 2.05) is 12.1 Å². The van der Waals surface area contributed by atoms with Gasteiger partial charge in [-0.2, -0.15) is 18.2 Å². The van der Waals surface area contributed by atoms with Crippen molar-refractivity contribution >= 4 is 23.2 Å². The maximum Gasteiger partial charge on any atom is 0.433 e. The minimum Gasteiger partial charge on any atom is -0.496 e. The molecule has 2 aliphatic rings. The lowest BCUT2D eigenvalue weighted by Crippen LogP contribution is -2.30. The second kappa shape index (κ2) is 8.31. The summed E-state index contributed by atoms with van der Waals surface area (Å²) < 4.78 is 50.1. The number of hydrogen-bond acceptors (Lipinski definition) is 6. The van der Waals surface area contributed by atoms with Crippen molar-refractivity contribution < 1.29 is 22.6 Å². The maximum atomic E-state index is 12.9. The average Bonchev–Trinajstić information content (AvgIpc) is 3.22. The molecule has 0 amide bonds. The predicted molar refractivity (Wildman–Crippen MR) is 118 cm³/mol. The lowest BCUT2D eigenvalue weighted by molar-refractivity contribution is -0.141. The van der Waals surface area contributed by atoms with Crippen molar-refractivity contribution in [3.8, 4) is 5.75 Å². The van der Waals surface area contributed by atoms with Gasteiger partial charge in [0.2, 0.25) is 0 Å². The number of methoxy groups -OCH3 is 1. The molecule has 3 aromatic rings. The molecule has 1 aromatic heterocycles. The Labute approximate surface area is 188 Å². The van der Waals surface area contributed by atoms with E-state index in [1.54, 1.807) is 25.3 Å². The molecule has 0 bridgehead atoms. The van der Waals surface area contributed by atoms with Gasteiger partial charge >= 0.3 is 6.18 Å². The molecule has 2 aromatic carbocycles. The number of anilines is 2. The van der Waals surface area contributed by atoms with Crippen LogP contribution in [-0.2, 0) is 23.9 Å². The summed E-state index contributed by atoms with van der Waals surface area (Å²) in [4.78, 5) is 8.22. The minimum atomic E-state index is -4.50. The van der Waals surface area contributed by atoms with E-state index in [1.165, 1.54) is 17.7 Å². The maximum absolute atomic E-state index is 12.9. The van der Waals surface area contributed by atoms with Gasteiger partial charge in [-0.1, -0.05) is 18.2 Å². The van der Waals surface area contributed by atoms with Crippen molar-refractivity contribution in [2.24, 2.45) is 4.99 Å². The van der Waals surface area contributed by atoms with Gasteiger partial charge in [-0.05, 0) is 54.8 Å². The molecule has 0 saturated heterocycles. The number of aliphatic imine (C=N–C) groups is 1. The van der Waals surface area contributed by atoms with Crippen LogP contribution in [0.2, 0.25) is 0 Å². The number of benzene rings is 2. The van der Waals surface area contributed by atoms with Crippen molar-refractivity contribution in [1.29, 1.82) is 0 Å². The highest BCUT2D eigenvalue weighted by atomic mass is 19.4. The Bertz CT molecular complexity index is 1230. The number of rotatable bonds is 4. The van der Waals surface area contributed by atoms with Crippen LogP contribution in [0.25, 0.3) is 0 Å². The van der Waals surface area contributed by atoms with Gasteiger partial charge < -0.3 is 20.1 Å². The van der Waals surface area contributed by atoms with Gasteiger partial charge in [0.15, 0.2) is 0 Å². The van der Waals surface area contributed by atoms with Gasteiger partial charge in [-0.15, -0.1) is 0 Å². The van der Waals surface area contributed by atoms with Crippen LogP contribution in [-0.4, -0.2) is 18.1 Å². The van der Waals surface area contributed by atoms with Crippen LogP contribution in [0.5, 0.6) is 5.75 Å². The second-order valence-electron chi connectivity index (χ2n) is 7.85. The monoisotopic (exact) mass is 454 g/mol. The molecule has 6 nitrogen and oxygen atoms in total. The first-order valence-electron chi connectivity index (χ1n) is 10.5. The van der Waals surface area contributed by atoms with Crippen molar-refractivity contribution in [2.45, 2.75) is 31.7 Å². The van der Waals surface area contributed by atoms with E-state index in [0.29, 0.717) is 11.7 Å². The fourth-order valence-electron chi connectivity index (χ4n) is 4.18. The zero-order valence-electron chi connectivity index (χ0n) is 17.7. The SMILES string of the molecule is COc1cccc2c1C(NC1=Nc3ccc(Nc4cccc(C(F)(F)F)n4)cc3CO1)CC2. The normalized spacial score (nSPS) is 16.8. The molecular formula is C24H21F3N4O2. The molecule has 0 spiro atoms. The van der Waals surface area contributed by atoms with E-state index in [0.717, 1.165) is 41.5 Å². The van der Waals surface area contributed by atoms with Crippen molar-refractivity contribution in [3.63, 3.8) is 0 Å². The summed E-state index contributed by atoms with van der Waals surface area (Å²) in [5.41, 5.74) is 3.60. The third-order valence-electron chi connectivity index (χ3n) is 5.70. The number of halogens is 3. The van der Waals surface area contributed by atoms with Crippen molar-refractivity contribution in [3.05, 3.63) is 77.0 Å². The summed E-state index contributed by atoms with van der Waals surface area (Å²) in [6.07, 6.45) is -2.63. The van der Waals surface area contributed by atoms with Crippen LogP contribution >= 0.6 is 0 Å². The molecule has 2 N–H and O–H groups in total. The molecule has 5 rings (SSSR count). The Morgan fingerprint density at radius 2 is 1.91 bits per heavy atom. The van der Waals surface area contributed by atoms with Gasteiger partial charge in [-0.3, -0.25) is 0 Å². The van der Waals surface area contributed by atoms with Gasteiger partial charge in [0.05, 0.1) is 18.8 Å². The standard InChI is InChI=1S/C24H21F3N4O2/c1-32-19-5-2-4-14-8-10-18(22(14)19)30-23-29-17-11-9-16(12-15(17)13-33-23)28-21-7-3-6-20(31-21)24(25,26)27/h2-7,9,11-12,18H,8,10,13H2,1H3,(H,28,31)(H,29,30). The van der Waals surface area contributed by atoms with Gasteiger partial charge in [0.1, 0.15) is 23.9 Å². The van der Waals surface area contributed by atoms with Crippen LogP contribution in [0.15, 0.2) is 59.6 Å². The Hall–Kier alpha value is -3.75. The first-order chi connectivity index (χ1) is 15.9. The lowest BCUT2D eigenvalue weighted by atomic mass is 10.1. The topological polar surface area (TPSA) is 67.8 Å². The number of pyridine rings is 1. The predicted octanol–water partition coefficient (Wildman–Crippen LogP) is 5.65. The van der Waals surface area contributed by atoms with Crippen LogP contribution in [0.3, 0.4) is 0 Å². The number of aryl methyl sites for hydroxylation is 1. The van der Waals surface area contributed by atoms with Crippen LogP contribution in [0, 0.1) is 0 Å². The summed E-state index contributed by atoms with van der Waals surface area (Å²) in [6, 6.07) is 15.6. The van der Waals surface area contributed by atoms with E-state index in [-0.39, 0.29) is 18.5 Å². The number of nitrogens with zero attached hydrogens (tertiary/aromatic N) is 2. The summed E-state index contributed by atoms with van der Waals surface area (Å²) in [5, 5.41) is 6.30. The number of alkyl halides is 3. The Balaban J connectivity index is 1.32. The molecular weight excluding hydrogens is 433 g/mol. The smallest absolute Gasteiger partial charge is 0.433 e. The molecule has 1 aliphatic heterocycles. The molecule has 0 saturated carbocycles. The number of nitrogens with one attached hydrogen (secondary N) is 2. The number of ether oxygens (including phenoxy) is 2. The number of fused-ring (bicyclic) bond motifs is 2. The molecule has 0 radical (unpaired) electrons. The minimum absolute atomic E-state index is 0.0457. The van der Waals surface area contributed by atoms with Crippen molar-refractivity contribution in [1.82, 2.24) is 10.3 Å². The highest BCUT2D eigenvalue weighted by molar-refractivity contribution is 5.81. The quantitative estimate of drug-likeness (QED) is 0.534. The van der Waals surface area contributed by atoms with Gasteiger partial charge in [0, 0.05) is 16.8 Å². The molecule has 0 fully saturated rings. The molecule has 170 valence electrons. The number of aromatic nitrogens is 1. The van der Waals surface area contributed by atoms with E-state index in [9.17, 15) is 13.2 Å². The van der Waals surface area contributed by atoms with Crippen molar-refractivity contribution in [2.75, 3.05) is 12.4 Å². The molecule has 1 unspecified atom stereocenters. The van der Waals surface area contributed by atoms with E-state index in [2.05, 4.69) is 26.7 Å². The van der Waals surface area contributed by atoms with E-state index >= 15 is 0 Å². The molecule has 2 heterocycles. The molecule has 1 aliphatic carbocycles. The number of amidine groups is 1. The molecule has 1 atom stereocenters. The highest BCUT2D eigenvalue weighted by Crippen LogP contribution is 2.38. The summed E-state index contributed by atoms with van der Waals surface area (Å²) >= 11 is 0. The van der Waals surface area contributed by atoms with Gasteiger partial charge in [0.25, 0.3) is 6.02 Å². The Morgan fingerprint density at radius 1 is 1.06 bits per heavy atom. The third-order valence-corrected chi connectivity index (χ3v) is 5.70. The van der Waals surface area contributed by atoms with Crippen LogP contribution in [0.1, 0.15) is 34.8 Å². The largest absolute Gasteiger partial charge is 0.496 e. The first-order valence-corrected chi connectivity index (χ1v) is 10.5. The summed E-state index contributed by atoms with van der Waals surface area (Å²) in [5.74, 6) is 0.958. The third kappa shape index (κ3) is 4.30.